The van der Waals surface area contributed by atoms with Crippen LogP contribution in [-0.4, -0.2) is 149 Å². The molecule has 0 aromatic heterocycles. The van der Waals surface area contributed by atoms with Crippen molar-refractivity contribution >= 4 is 58.5 Å². The van der Waals surface area contributed by atoms with Crippen LogP contribution in [0.15, 0.2) is 109 Å². The number of amides is 6. The van der Waals surface area contributed by atoms with Crippen LogP contribution in [0, 0.1) is 0 Å². The van der Waals surface area contributed by atoms with Crippen LogP contribution in [0.1, 0.15) is 78.5 Å². The van der Waals surface area contributed by atoms with Gasteiger partial charge in [0, 0.05) is 40.2 Å². The summed E-state index contributed by atoms with van der Waals surface area (Å²) in [5.41, 5.74) is -0.955. The fourth-order valence-electron chi connectivity index (χ4n) is 7.85. The average molecular weight is 1100 g/mol. The average Bonchev–Trinajstić information content (AvgIpc) is 3.62. The zero-order valence-electron chi connectivity index (χ0n) is 48.1. The molecule has 0 bridgehead atoms. The fraction of sp³-hybridized carbons (Fsp3) is 0.509. The van der Waals surface area contributed by atoms with Crippen molar-refractivity contribution in [2.24, 2.45) is 0 Å². The van der Waals surface area contributed by atoms with E-state index in [1.54, 1.807) is 54.2 Å². The molecule has 1 aliphatic rings. The lowest BCUT2D eigenvalue weighted by atomic mass is 9.79. The van der Waals surface area contributed by atoms with Gasteiger partial charge in [0.2, 0.25) is 0 Å². The van der Waals surface area contributed by atoms with Crippen molar-refractivity contribution in [2.45, 2.75) is 147 Å². The van der Waals surface area contributed by atoms with Gasteiger partial charge in [-0.3, -0.25) is 9.59 Å². The quantitative estimate of drug-likeness (QED) is 0.0551. The Balaban J connectivity index is 0.000000412. The van der Waals surface area contributed by atoms with E-state index in [1.807, 2.05) is 104 Å². The zero-order chi connectivity index (χ0) is 58.2. The van der Waals surface area contributed by atoms with Crippen LogP contribution < -0.4 is 21.3 Å². The third-order valence-electron chi connectivity index (χ3n) is 14.5. The number of ketones is 2. The summed E-state index contributed by atoms with van der Waals surface area (Å²) in [5.74, 6) is -0.993. The minimum atomic E-state index is -2.50. The maximum absolute atomic E-state index is 14.1. The number of carbonyl (C=O) groups excluding carboxylic acids is 6. The van der Waals surface area contributed by atoms with Gasteiger partial charge in [0.1, 0.15) is 18.8 Å². The van der Waals surface area contributed by atoms with Crippen molar-refractivity contribution in [1.82, 2.24) is 31.1 Å². The van der Waals surface area contributed by atoms with E-state index < -0.39 is 101 Å². The van der Waals surface area contributed by atoms with E-state index in [-0.39, 0.29) is 35.3 Å². The summed E-state index contributed by atoms with van der Waals surface area (Å²) < 4.78 is 24.2. The lowest BCUT2D eigenvalue weighted by Gasteiger charge is -2.48. The third kappa shape index (κ3) is 17.4. The topological polar surface area (TPSA) is 234 Å². The zero-order valence-corrected chi connectivity index (χ0v) is 50.1. The Morgan fingerprint density at radius 1 is 0.701 bits per heavy atom. The third-order valence-corrected chi connectivity index (χ3v) is 23.6. The van der Waals surface area contributed by atoms with E-state index in [2.05, 4.69) is 75.9 Å². The molecule has 0 heterocycles. The highest BCUT2D eigenvalue weighted by Crippen LogP contribution is 2.42. The van der Waals surface area contributed by atoms with E-state index in [9.17, 15) is 39.0 Å². The van der Waals surface area contributed by atoms with Gasteiger partial charge in [-0.1, -0.05) is 151 Å². The van der Waals surface area contributed by atoms with Crippen molar-refractivity contribution in [3.63, 3.8) is 0 Å². The molecule has 6 amide bonds. The van der Waals surface area contributed by atoms with Gasteiger partial charge in [-0.15, -0.1) is 0 Å². The number of nitrogens with zero attached hydrogens (tertiary/aromatic N) is 2. The van der Waals surface area contributed by atoms with Crippen LogP contribution in [0.2, 0.25) is 36.3 Å². The summed E-state index contributed by atoms with van der Waals surface area (Å²) in [5, 5.41) is 30.6. The normalized spacial score (nSPS) is 17.8. The van der Waals surface area contributed by atoms with Crippen molar-refractivity contribution in [1.29, 1.82) is 0 Å². The summed E-state index contributed by atoms with van der Waals surface area (Å²) in [6.07, 6.45) is 1.37. The number of rotatable bonds is 21. The first kappa shape index (κ1) is 65.1. The largest absolute Gasteiger partial charge is 0.445 e. The van der Waals surface area contributed by atoms with Crippen LogP contribution in [0.5, 0.6) is 0 Å². The van der Waals surface area contributed by atoms with Gasteiger partial charge in [0.25, 0.3) is 0 Å². The van der Waals surface area contributed by atoms with Crippen molar-refractivity contribution in [2.75, 3.05) is 41.4 Å². The predicted octanol–water partition coefficient (Wildman–Crippen LogP) is 8.57. The van der Waals surface area contributed by atoms with E-state index in [1.165, 1.54) is 15.9 Å². The Bertz CT molecular complexity index is 2500. The molecule has 1 aliphatic carbocycles. The van der Waals surface area contributed by atoms with E-state index in [4.69, 9.17) is 18.3 Å². The molecule has 6 N–H and O–H groups in total. The first-order valence-electron chi connectivity index (χ1n) is 25.8. The van der Waals surface area contributed by atoms with Gasteiger partial charge < -0.3 is 59.6 Å². The first-order chi connectivity index (χ1) is 35.8. The molecule has 0 unspecified atom stereocenters. The summed E-state index contributed by atoms with van der Waals surface area (Å²) in [7, 11) is 1.33. The minimum Gasteiger partial charge on any atom is -0.445 e. The van der Waals surface area contributed by atoms with Gasteiger partial charge in [0.05, 0.1) is 37.5 Å². The fourth-order valence-corrected chi connectivity index (χ4v) is 10.7. The summed E-state index contributed by atoms with van der Waals surface area (Å²) in [6.45, 7) is 23.1. The lowest BCUT2D eigenvalue weighted by molar-refractivity contribution is -0.130. The number of aliphatic hydroxyl groups excluding tert-OH is 2. The maximum Gasteiger partial charge on any atom is 0.408 e. The Morgan fingerprint density at radius 2 is 1.17 bits per heavy atom. The van der Waals surface area contributed by atoms with Crippen molar-refractivity contribution in [3.8, 4) is 0 Å². The molecule has 77 heavy (non-hydrogen) atoms. The molecule has 0 saturated carbocycles. The SMILES string of the molecule is C[C@H](O[Si](C)(C)C(C)(C)C)[C@@](NC(=O)N(C)C)(C(=O)CCO)[C@@H](/C=C/c1ccccc1)NC(=O)OCc1ccccc1.C[C@H](O[Si](C)(C)C(C)(C)C)[C@@]1(NC(=O)N(C)C)C(=O)C(CO)=C[C@@H]1NC(=O)OCc1ccccc1. The predicted molar refractivity (Wildman–Crippen MR) is 305 cm³/mol. The molecule has 18 nitrogen and oxygen atoms in total. The Kier molecular flexibility index (Phi) is 23.6. The molecule has 3 aromatic carbocycles. The highest BCUT2D eigenvalue weighted by molar-refractivity contribution is 6.74. The van der Waals surface area contributed by atoms with Gasteiger partial charge in [0.15, 0.2) is 33.7 Å². The Labute approximate surface area is 458 Å². The number of hydrogen-bond acceptors (Lipinski definition) is 12. The first-order valence-corrected chi connectivity index (χ1v) is 31.6. The molecule has 0 spiro atoms. The number of alkyl carbamates (subject to hydrolysis) is 2. The summed E-state index contributed by atoms with van der Waals surface area (Å²) in [6, 6.07) is 24.6. The Hall–Kier alpha value is -6.17. The molecular formula is C57H86N6O12Si2. The van der Waals surface area contributed by atoms with Gasteiger partial charge in [-0.2, -0.15) is 0 Å². The highest BCUT2D eigenvalue weighted by atomic mass is 28.4. The van der Waals surface area contributed by atoms with E-state index in [0.717, 1.165) is 16.7 Å². The summed E-state index contributed by atoms with van der Waals surface area (Å²) in [4.78, 5) is 82.6. The second-order valence-corrected chi connectivity index (χ2v) is 32.2. The number of ether oxygens (including phenoxy) is 2. The Morgan fingerprint density at radius 3 is 1.62 bits per heavy atom. The molecule has 0 fully saturated rings. The monoisotopic (exact) mass is 1100 g/mol. The van der Waals surface area contributed by atoms with Crippen molar-refractivity contribution in [3.05, 3.63) is 125 Å². The molecule has 6 atom stereocenters. The molecule has 424 valence electrons. The molecule has 4 rings (SSSR count). The van der Waals surface area contributed by atoms with Crippen LogP contribution in [0.4, 0.5) is 19.2 Å². The number of Topliss-reactive ketones (excluding diaryl/α,β-unsaturated/α-hetero) is 2. The smallest absolute Gasteiger partial charge is 0.408 e. The van der Waals surface area contributed by atoms with Crippen molar-refractivity contribution < 1.29 is 57.3 Å². The van der Waals surface area contributed by atoms with E-state index >= 15 is 0 Å². The van der Waals surface area contributed by atoms with Crippen LogP contribution in [-0.2, 0) is 41.1 Å². The second kappa shape index (κ2) is 27.9. The number of benzene rings is 3. The number of carbonyl (C=O) groups is 6. The number of nitrogens with one attached hydrogen (secondary N) is 4. The van der Waals surface area contributed by atoms with Gasteiger partial charge in [-0.25, -0.2) is 19.2 Å². The standard InChI is InChI=1S/C32H47N3O6Si.C25H39N3O6Si/c1-24(41-42(7,8)31(2,3)4)32(28(37)21-22-36,34-29(38)35(5)6)27(20-19-25-15-11-9-12-16-25)33-30(39)40-23-26-17-13-10-14-18-26;1-17(34-35(7,8)24(2,3)4)25(27-22(31)28(5)6)20(14-19(15-29)21(25)30)26-23(32)33-16-18-12-10-9-11-13-18/h9-20,24,27,36H,21-23H2,1-8H3,(H,33,39)(H,34,38);9-14,17,20,29H,15-16H2,1-8H3,(H,26,32)(H,27,31)/b20-19+;/t24-,27+,32-;17-,20-,25-/m00/s1. The number of aliphatic hydroxyl groups is 2. The van der Waals surface area contributed by atoms with Crippen LogP contribution in [0.25, 0.3) is 6.08 Å². The number of urea groups is 2. The van der Waals surface area contributed by atoms with Crippen LogP contribution in [0.3, 0.4) is 0 Å². The lowest BCUT2D eigenvalue weighted by Crippen LogP contribution is -2.73. The summed E-state index contributed by atoms with van der Waals surface area (Å²) >= 11 is 0. The van der Waals surface area contributed by atoms with E-state index in [0.29, 0.717) is 0 Å². The van der Waals surface area contributed by atoms with Gasteiger partial charge >= 0.3 is 24.2 Å². The second-order valence-electron chi connectivity index (χ2n) is 22.6. The minimum absolute atomic E-state index is 0.0134. The highest BCUT2D eigenvalue weighted by Gasteiger charge is 2.59. The van der Waals surface area contributed by atoms with Gasteiger partial charge in [-0.05, 0) is 66.8 Å². The molecule has 3 aromatic rings. The molecule has 0 saturated heterocycles. The molecular weight excluding hydrogens is 1020 g/mol. The number of hydrogen-bond donors (Lipinski definition) is 6. The molecule has 20 heteroatoms. The molecule has 0 aliphatic heterocycles. The maximum atomic E-state index is 14.1. The van der Waals surface area contributed by atoms with Crippen LogP contribution >= 0.6 is 0 Å². The molecule has 0 radical (unpaired) electrons.